The van der Waals surface area contributed by atoms with E-state index in [9.17, 15) is 9.59 Å². The highest BCUT2D eigenvalue weighted by Crippen LogP contribution is 2.33. The van der Waals surface area contributed by atoms with E-state index < -0.39 is 0 Å². The Labute approximate surface area is 156 Å². The molecule has 2 aromatic rings. The monoisotopic (exact) mass is 374 g/mol. The minimum Gasteiger partial charge on any atom is -0.482 e. The Bertz CT molecular complexity index is 829. The molecule has 2 N–H and O–H groups in total. The number of rotatable bonds is 4. The molecule has 1 aromatic carbocycles. The third-order valence-corrected chi connectivity index (χ3v) is 5.55. The molecule has 138 valence electrons. The van der Waals surface area contributed by atoms with Crippen molar-refractivity contribution in [3.05, 3.63) is 33.8 Å². The van der Waals surface area contributed by atoms with Crippen LogP contribution >= 0.6 is 11.3 Å². The van der Waals surface area contributed by atoms with Gasteiger partial charge < -0.3 is 20.3 Å². The van der Waals surface area contributed by atoms with Gasteiger partial charge in [-0.15, -0.1) is 11.3 Å². The second-order valence-corrected chi connectivity index (χ2v) is 7.41. The molecule has 0 saturated carbocycles. The third-order valence-electron chi connectivity index (χ3n) is 4.36. The van der Waals surface area contributed by atoms with Gasteiger partial charge in [0.2, 0.25) is 0 Å². The summed E-state index contributed by atoms with van der Waals surface area (Å²) in [7, 11) is 1.69. The van der Waals surface area contributed by atoms with E-state index in [0.29, 0.717) is 17.1 Å². The molecule has 1 aliphatic heterocycles. The summed E-state index contributed by atoms with van der Waals surface area (Å²) in [6, 6.07) is 4.77. The van der Waals surface area contributed by atoms with Crippen molar-refractivity contribution < 1.29 is 14.3 Å². The molecule has 3 amide bonds. The van der Waals surface area contributed by atoms with Gasteiger partial charge in [-0.25, -0.2) is 9.78 Å². The quantitative estimate of drug-likeness (QED) is 0.859. The summed E-state index contributed by atoms with van der Waals surface area (Å²) in [4.78, 5) is 31.4. The van der Waals surface area contributed by atoms with Crippen LogP contribution in [0.5, 0.6) is 5.75 Å². The van der Waals surface area contributed by atoms with Crippen molar-refractivity contribution in [2.24, 2.45) is 0 Å². The van der Waals surface area contributed by atoms with Gasteiger partial charge >= 0.3 is 6.03 Å². The molecule has 0 bridgehead atoms. The summed E-state index contributed by atoms with van der Waals surface area (Å²) in [5, 5.41) is 6.68. The number of carbonyl (C=O) groups excluding carboxylic acids is 2. The zero-order valence-corrected chi connectivity index (χ0v) is 16.1. The fraction of sp³-hybridized carbons (Fsp3) is 0.389. The Kier molecular flexibility index (Phi) is 5.13. The summed E-state index contributed by atoms with van der Waals surface area (Å²) >= 11 is 1.60. The number of hydrogen-bond acceptors (Lipinski definition) is 5. The van der Waals surface area contributed by atoms with Crippen LogP contribution in [0.3, 0.4) is 0 Å². The summed E-state index contributed by atoms with van der Waals surface area (Å²) in [6.45, 7) is 6.03. The van der Waals surface area contributed by atoms with Gasteiger partial charge in [-0.05, 0) is 38.5 Å². The number of aromatic nitrogens is 1. The minimum absolute atomic E-state index is 0.0294. The molecular weight excluding hydrogens is 352 g/mol. The van der Waals surface area contributed by atoms with Crippen molar-refractivity contribution in [2.75, 3.05) is 23.9 Å². The van der Waals surface area contributed by atoms with Crippen LogP contribution in [0.25, 0.3) is 0 Å². The lowest BCUT2D eigenvalue weighted by Crippen LogP contribution is -2.35. The first-order chi connectivity index (χ1) is 12.4. The lowest BCUT2D eigenvalue weighted by molar-refractivity contribution is -0.120. The standard InChI is InChI=1S/C18H22N4O3S/c1-5-13(17-19-10(2)11(3)26-17)21-18(24)20-12-6-7-15-14(8-12)22(4)16(23)9-25-15/h6-8,13H,5,9H2,1-4H3,(H2,20,21,24). The maximum atomic E-state index is 12.4. The average Bonchev–Trinajstić information content (AvgIpc) is 2.95. The van der Waals surface area contributed by atoms with Crippen LogP contribution in [-0.2, 0) is 4.79 Å². The predicted molar refractivity (Wildman–Crippen MR) is 102 cm³/mol. The first-order valence-corrected chi connectivity index (χ1v) is 9.25. The molecule has 26 heavy (non-hydrogen) atoms. The Morgan fingerprint density at radius 3 is 2.85 bits per heavy atom. The maximum Gasteiger partial charge on any atom is 0.319 e. The number of amides is 3. The molecule has 0 aliphatic carbocycles. The number of likely N-dealkylation sites (N-methyl/N-ethyl adjacent to an activating group) is 1. The number of thiazole rings is 1. The highest BCUT2D eigenvalue weighted by molar-refractivity contribution is 7.11. The smallest absolute Gasteiger partial charge is 0.319 e. The number of nitrogens with zero attached hydrogens (tertiary/aromatic N) is 2. The van der Waals surface area contributed by atoms with Gasteiger partial charge in [0.1, 0.15) is 10.8 Å². The van der Waals surface area contributed by atoms with E-state index in [1.807, 2.05) is 20.8 Å². The van der Waals surface area contributed by atoms with Crippen LogP contribution in [0.1, 0.15) is 35.0 Å². The number of ether oxygens (including phenoxy) is 1. The van der Waals surface area contributed by atoms with Gasteiger partial charge in [0.05, 0.1) is 17.4 Å². The molecule has 8 heteroatoms. The van der Waals surface area contributed by atoms with E-state index in [0.717, 1.165) is 22.0 Å². The molecule has 1 aliphatic rings. The molecule has 1 aromatic heterocycles. The number of fused-ring (bicyclic) bond motifs is 1. The van der Waals surface area contributed by atoms with E-state index in [-0.39, 0.29) is 24.6 Å². The first-order valence-electron chi connectivity index (χ1n) is 8.44. The largest absolute Gasteiger partial charge is 0.482 e. The number of nitrogens with one attached hydrogen (secondary N) is 2. The molecule has 2 heterocycles. The van der Waals surface area contributed by atoms with Crippen molar-refractivity contribution >= 4 is 34.6 Å². The number of urea groups is 1. The lowest BCUT2D eigenvalue weighted by atomic mass is 10.2. The van der Waals surface area contributed by atoms with Crippen LogP contribution in [0, 0.1) is 13.8 Å². The number of anilines is 2. The van der Waals surface area contributed by atoms with E-state index >= 15 is 0 Å². The molecule has 1 atom stereocenters. The number of hydrogen-bond donors (Lipinski definition) is 2. The molecular formula is C18H22N4O3S. The van der Waals surface area contributed by atoms with Crippen LogP contribution < -0.4 is 20.3 Å². The summed E-state index contributed by atoms with van der Waals surface area (Å²) < 4.78 is 5.39. The van der Waals surface area contributed by atoms with Gasteiger partial charge in [0.25, 0.3) is 5.91 Å². The van der Waals surface area contributed by atoms with E-state index in [1.54, 1.807) is 36.6 Å². The normalized spacial score (nSPS) is 14.5. The Morgan fingerprint density at radius 1 is 1.42 bits per heavy atom. The third kappa shape index (κ3) is 3.65. The van der Waals surface area contributed by atoms with Crippen molar-refractivity contribution in [2.45, 2.75) is 33.2 Å². The van der Waals surface area contributed by atoms with E-state index in [1.165, 1.54) is 4.90 Å². The fourth-order valence-corrected chi connectivity index (χ4v) is 3.72. The zero-order chi connectivity index (χ0) is 18.8. The first kappa shape index (κ1) is 18.2. The van der Waals surface area contributed by atoms with Crippen LogP contribution in [0.2, 0.25) is 0 Å². The fourth-order valence-electron chi connectivity index (χ4n) is 2.66. The SMILES string of the molecule is CCC(NC(=O)Nc1ccc2c(c1)N(C)C(=O)CO2)c1nc(C)c(C)s1. The second kappa shape index (κ2) is 7.33. The topological polar surface area (TPSA) is 83.6 Å². The zero-order valence-electron chi connectivity index (χ0n) is 15.3. The predicted octanol–water partition coefficient (Wildman–Crippen LogP) is 3.39. The molecule has 3 rings (SSSR count). The van der Waals surface area contributed by atoms with Crippen molar-refractivity contribution in [3.63, 3.8) is 0 Å². The Morgan fingerprint density at radius 2 is 2.19 bits per heavy atom. The van der Waals surface area contributed by atoms with Crippen LogP contribution in [-0.4, -0.2) is 30.6 Å². The minimum atomic E-state index is -0.312. The van der Waals surface area contributed by atoms with Gasteiger partial charge in [0, 0.05) is 17.6 Å². The second-order valence-electron chi connectivity index (χ2n) is 6.18. The van der Waals surface area contributed by atoms with Crippen molar-refractivity contribution in [3.8, 4) is 5.75 Å². The van der Waals surface area contributed by atoms with Crippen molar-refractivity contribution in [1.82, 2.24) is 10.3 Å². The molecule has 1 unspecified atom stereocenters. The molecule has 0 saturated heterocycles. The average molecular weight is 374 g/mol. The van der Waals surface area contributed by atoms with Gasteiger partial charge in [-0.2, -0.15) is 0 Å². The Balaban J connectivity index is 1.70. The summed E-state index contributed by atoms with van der Waals surface area (Å²) in [5.74, 6) is 0.498. The van der Waals surface area contributed by atoms with Crippen molar-refractivity contribution in [1.29, 1.82) is 0 Å². The van der Waals surface area contributed by atoms with Gasteiger partial charge in [-0.3, -0.25) is 4.79 Å². The van der Waals surface area contributed by atoms with E-state index in [2.05, 4.69) is 15.6 Å². The van der Waals surface area contributed by atoms with Crippen LogP contribution in [0.15, 0.2) is 18.2 Å². The highest BCUT2D eigenvalue weighted by atomic mass is 32.1. The maximum absolute atomic E-state index is 12.4. The number of benzene rings is 1. The Hall–Kier alpha value is -2.61. The summed E-state index contributed by atoms with van der Waals surface area (Å²) in [5.41, 5.74) is 2.22. The van der Waals surface area contributed by atoms with E-state index in [4.69, 9.17) is 4.74 Å². The number of aryl methyl sites for hydroxylation is 2. The van der Waals surface area contributed by atoms with Gasteiger partial charge in [0.15, 0.2) is 6.61 Å². The summed E-state index contributed by atoms with van der Waals surface area (Å²) in [6.07, 6.45) is 0.745. The molecule has 0 spiro atoms. The highest BCUT2D eigenvalue weighted by Gasteiger charge is 2.23. The number of carbonyl (C=O) groups is 2. The molecule has 0 fully saturated rings. The lowest BCUT2D eigenvalue weighted by Gasteiger charge is -2.26. The van der Waals surface area contributed by atoms with Gasteiger partial charge in [-0.1, -0.05) is 6.92 Å². The molecule has 7 nitrogen and oxygen atoms in total. The molecule has 0 radical (unpaired) electrons. The van der Waals surface area contributed by atoms with Crippen LogP contribution in [0.4, 0.5) is 16.2 Å².